The molecule has 0 aliphatic carbocycles. The Balaban J connectivity index is 0.00000288. The molecular weight excluding hydrogens is 353 g/mol. The fourth-order valence-electron chi connectivity index (χ4n) is 2.35. The molecule has 2 rings (SSSR count). The zero-order valence-corrected chi connectivity index (χ0v) is 15.3. The van der Waals surface area contributed by atoms with Gasteiger partial charge in [-0.3, -0.25) is 9.59 Å². The van der Waals surface area contributed by atoms with Gasteiger partial charge in [-0.2, -0.15) is 0 Å². The molecule has 2 amide bonds. The van der Waals surface area contributed by atoms with Crippen molar-refractivity contribution >= 4 is 36.0 Å². The van der Waals surface area contributed by atoms with Crippen LogP contribution >= 0.6 is 24.2 Å². The molecule has 0 bridgehead atoms. The molecule has 0 radical (unpaired) electrons. The number of carbonyl (C=O) groups excluding carboxylic acids is 2. The summed E-state index contributed by atoms with van der Waals surface area (Å²) in [7, 11) is 0. The van der Waals surface area contributed by atoms with Crippen molar-refractivity contribution in [2.24, 2.45) is 11.7 Å². The van der Waals surface area contributed by atoms with E-state index in [4.69, 9.17) is 5.73 Å². The Morgan fingerprint density at radius 2 is 2.12 bits per heavy atom. The smallest absolute Gasteiger partial charge is 0.239 e. The second-order valence-corrected chi connectivity index (χ2v) is 7.06. The van der Waals surface area contributed by atoms with E-state index in [0.29, 0.717) is 0 Å². The quantitative estimate of drug-likeness (QED) is 0.735. The van der Waals surface area contributed by atoms with Crippen molar-refractivity contribution in [3.8, 4) is 0 Å². The van der Waals surface area contributed by atoms with Crippen LogP contribution in [0.15, 0.2) is 23.1 Å². The number of amides is 2. The summed E-state index contributed by atoms with van der Waals surface area (Å²) < 4.78 is 13.4. The second-order valence-electron chi connectivity index (χ2n) is 5.93. The lowest BCUT2D eigenvalue weighted by Gasteiger charge is -2.26. The third-order valence-electron chi connectivity index (χ3n) is 3.79. The van der Waals surface area contributed by atoms with Crippen molar-refractivity contribution in [1.82, 2.24) is 10.6 Å². The van der Waals surface area contributed by atoms with E-state index < -0.39 is 6.04 Å². The number of nitrogens with two attached hydrogens (primary N) is 1. The Kier molecular flexibility index (Phi) is 7.99. The van der Waals surface area contributed by atoms with Gasteiger partial charge in [0.2, 0.25) is 11.8 Å². The maximum Gasteiger partial charge on any atom is 0.239 e. The van der Waals surface area contributed by atoms with Gasteiger partial charge in [0, 0.05) is 10.6 Å². The average molecular weight is 376 g/mol. The number of nitrogens with one attached hydrogen (secondary N) is 2. The second kappa shape index (κ2) is 9.25. The van der Waals surface area contributed by atoms with Crippen LogP contribution in [0.4, 0.5) is 4.39 Å². The molecule has 5 nitrogen and oxygen atoms in total. The highest BCUT2D eigenvalue weighted by molar-refractivity contribution is 7.99. The van der Waals surface area contributed by atoms with Crippen LogP contribution in [-0.2, 0) is 9.59 Å². The first kappa shape index (κ1) is 20.7. The van der Waals surface area contributed by atoms with Gasteiger partial charge in [0.25, 0.3) is 0 Å². The van der Waals surface area contributed by atoms with Crippen molar-refractivity contribution in [3.05, 3.63) is 29.6 Å². The molecule has 1 aliphatic rings. The lowest BCUT2D eigenvalue weighted by Crippen LogP contribution is -2.47. The summed E-state index contributed by atoms with van der Waals surface area (Å²) >= 11 is 1.65. The molecule has 0 fully saturated rings. The van der Waals surface area contributed by atoms with Gasteiger partial charge in [0.1, 0.15) is 5.82 Å². The van der Waals surface area contributed by atoms with Crippen LogP contribution in [0.5, 0.6) is 0 Å². The summed E-state index contributed by atoms with van der Waals surface area (Å²) in [6.45, 7) is 3.55. The molecule has 1 aromatic carbocycles. The minimum atomic E-state index is -0.635. The fourth-order valence-corrected chi connectivity index (χ4v) is 3.45. The standard InChI is InChI=1S/C16H22FN3O2S.ClH/c1-9(2)15(18)16(22)19-8-14(21)20-12-5-6-23-13-4-3-10(17)7-11(12)13;/h3-4,7,9,12,15H,5-6,8,18H2,1-2H3,(H,19,22)(H,20,21);1H/t12?,15-;/m0./s1. The zero-order valence-electron chi connectivity index (χ0n) is 13.7. The summed E-state index contributed by atoms with van der Waals surface area (Å²) in [4.78, 5) is 24.8. The van der Waals surface area contributed by atoms with E-state index in [9.17, 15) is 14.0 Å². The van der Waals surface area contributed by atoms with Crippen molar-refractivity contribution in [1.29, 1.82) is 0 Å². The first-order chi connectivity index (χ1) is 10.9. The molecule has 4 N–H and O–H groups in total. The van der Waals surface area contributed by atoms with Crippen LogP contribution < -0.4 is 16.4 Å². The largest absolute Gasteiger partial charge is 0.348 e. The van der Waals surface area contributed by atoms with Crippen molar-refractivity contribution in [3.63, 3.8) is 0 Å². The molecule has 0 aromatic heterocycles. The van der Waals surface area contributed by atoms with Gasteiger partial charge in [-0.1, -0.05) is 13.8 Å². The molecule has 1 heterocycles. The van der Waals surface area contributed by atoms with Crippen LogP contribution in [0.3, 0.4) is 0 Å². The summed E-state index contributed by atoms with van der Waals surface area (Å²) in [6, 6.07) is 3.74. The van der Waals surface area contributed by atoms with Crippen LogP contribution in [0.25, 0.3) is 0 Å². The SMILES string of the molecule is CC(C)[C@H](N)C(=O)NCC(=O)NC1CCSc2ccc(F)cc21.Cl. The van der Waals surface area contributed by atoms with Crippen LogP contribution in [0.1, 0.15) is 31.9 Å². The highest BCUT2D eigenvalue weighted by atomic mass is 35.5. The Hall–Kier alpha value is -1.31. The molecule has 2 atom stereocenters. The van der Waals surface area contributed by atoms with Crippen molar-refractivity contribution in [2.75, 3.05) is 12.3 Å². The number of benzene rings is 1. The molecular formula is C16H23ClFN3O2S. The van der Waals surface area contributed by atoms with E-state index in [0.717, 1.165) is 22.6 Å². The Morgan fingerprint density at radius 3 is 2.79 bits per heavy atom. The maximum absolute atomic E-state index is 13.4. The molecule has 1 aliphatic heterocycles. The molecule has 134 valence electrons. The molecule has 1 aromatic rings. The highest BCUT2D eigenvalue weighted by Gasteiger charge is 2.23. The van der Waals surface area contributed by atoms with E-state index in [1.807, 2.05) is 13.8 Å². The lowest BCUT2D eigenvalue weighted by atomic mass is 10.0. The zero-order chi connectivity index (χ0) is 17.0. The van der Waals surface area contributed by atoms with Crippen LogP contribution in [-0.4, -0.2) is 30.2 Å². The first-order valence-corrected chi connectivity index (χ1v) is 8.62. The number of thioether (sulfide) groups is 1. The van der Waals surface area contributed by atoms with Crippen molar-refractivity contribution in [2.45, 2.75) is 37.2 Å². The van der Waals surface area contributed by atoms with Gasteiger partial charge < -0.3 is 16.4 Å². The Morgan fingerprint density at radius 1 is 1.42 bits per heavy atom. The monoisotopic (exact) mass is 375 g/mol. The topological polar surface area (TPSA) is 84.2 Å². The van der Waals surface area contributed by atoms with E-state index >= 15 is 0 Å². The van der Waals surface area contributed by atoms with Gasteiger partial charge in [-0.05, 0) is 36.1 Å². The predicted molar refractivity (Wildman–Crippen MR) is 95.7 cm³/mol. The third kappa shape index (κ3) is 5.36. The predicted octanol–water partition coefficient (Wildman–Crippen LogP) is 2.00. The highest BCUT2D eigenvalue weighted by Crippen LogP contribution is 2.36. The van der Waals surface area contributed by atoms with E-state index in [1.165, 1.54) is 12.1 Å². The van der Waals surface area contributed by atoms with Gasteiger partial charge in [0.05, 0.1) is 18.6 Å². The lowest BCUT2D eigenvalue weighted by molar-refractivity contribution is -0.127. The minimum Gasteiger partial charge on any atom is -0.348 e. The molecule has 1 unspecified atom stereocenters. The molecule has 8 heteroatoms. The summed E-state index contributed by atoms with van der Waals surface area (Å²) in [5.41, 5.74) is 6.51. The van der Waals surface area contributed by atoms with Gasteiger partial charge in [-0.25, -0.2) is 4.39 Å². The number of fused-ring (bicyclic) bond motifs is 1. The minimum absolute atomic E-state index is 0. The van der Waals surface area contributed by atoms with Crippen LogP contribution in [0, 0.1) is 11.7 Å². The molecule has 0 saturated heterocycles. The van der Waals surface area contributed by atoms with Gasteiger partial charge in [0.15, 0.2) is 0 Å². The maximum atomic E-state index is 13.4. The van der Waals surface area contributed by atoms with Gasteiger partial charge >= 0.3 is 0 Å². The van der Waals surface area contributed by atoms with E-state index in [2.05, 4.69) is 10.6 Å². The van der Waals surface area contributed by atoms with E-state index in [1.54, 1.807) is 17.8 Å². The van der Waals surface area contributed by atoms with Crippen molar-refractivity contribution < 1.29 is 14.0 Å². The number of halogens is 2. The average Bonchev–Trinajstić information content (AvgIpc) is 2.52. The van der Waals surface area contributed by atoms with E-state index in [-0.39, 0.29) is 48.5 Å². The van der Waals surface area contributed by atoms with Crippen LogP contribution in [0.2, 0.25) is 0 Å². The number of rotatable bonds is 5. The Labute approximate surface area is 151 Å². The number of hydrogen-bond donors (Lipinski definition) is 3. The normalized spacial score (nSPS) is 17.5. The third-order valence-corrected chi connectivity index (χ3v) is 4.91. The fraction of sp³-hybridized carbons (Fsp3) is 0.500. The summed E-state index contributed by atoms with van der Waals surface area (Å²) in [5, 5.41) is 5.38. The first-order valence-electron chi connectivity index (χ1n) is 7.63. The molecule has 24 heavy (non-hydrogen) atoms. The van der Waals surface area contributed by atoms with Gasteiger partial charge in [-0.15, -0.1) is 24.2 Å². The number of carbonyl (C=O) groups is 2. The summed E-state index contributed by atoms with van der Waals surface area (Å²) in [6.07, 6.45) is 0.728. The number of hydrogen-bond acceptors (Lipinski definition) is 4. The molecule has 0 saturated carbocycles. The Bertz CT molecular complexity index is 601. The summed E-state index contributed by atoms with van der Waals surface area (Å²) in [5.74, 6) is -0.110. The molecule has 0 spiro atoms.